The molecule has 7 aromatic rings. The Labute approximate surface area is 281 Å². The Bertz CT molecular complexity index is 2130. The predicted octanol–water partition coefficient (Wildman–Crippen LogP) is 9.85. The van der Waals surface area contributed by atoms with Gasteiger partial charge in [0.2, 0.25) is 0 Å². The standard InChI is InChI=1S/C26H18NO.C14H16GeN.Ir/c1-26(2)21-12-5-3-8-16(21)20-15-27-23(14-22(20)26)19-11-7-10-18-17-9-4-6-13-24(17)28-25(18)19;1-15(2,3)13-9-10-14(16-11-13)12-7-5-4-6-8-12;/h3-10,12-15H,1-2H3;4-7,9-11H,1-3H3;/q2*-1;. The molecule has 0 amide bonds. The van der Waals surface area contributed by atoms with Crippen molar-refractivity contribution in [2.24, 2.45) is 0 Å². The van der Waals surface area contributed by atoms with E-state index in [0.717, 1.165) is 44.5 Å². The summed E-state index contributed by atoms with van der Waals surface area (Å²) < 4.78 is 7.64. The fourth-order valence-corrected chi connectivity index (χ4v) is 8.33. The van der Waals surface area contributed by atoms with E-state index in [-0.39, 0.29) is 25.5 Å². The van der Waals surface area contributed by atoms with Crippen LogP contribution in [0, 0.1) is 12.1 Å². The molecule has 1 aliphatic rings. The second kappa shape index (κ2) is 12.2. The van der Waals surface area contributed by atoms with Crippen LogP contribution in [0.5, 0.6) is 0 Å². The average Bonchev–Trinajstić information content (AvgIpc) is 3.54. The van der Waals surface area contributed by atoms with Crippen LogP contribution < -0.4 is 4.40 Å². The maximum atomic E-state index is 6.20. The van der Waals surface area contributed by atoms with Gasteiger partial charge < -0.3 is 9.40 Å². The average molecular weight is 824 g/mol. The Hall–Kier alpha value is -3.83. The molecule has 0 fully saturated rings. The van der Waals surface area contributed by atoms with Crippen molar-refractivity contribution in [2.45, 2.75) is 36.5 Å². The molecule has 5 heteroatoms. The first-order valence-electron chi connectivity index (χ1n) is 15.1. The summed E-state index contributed by atoms with van der Waals surface area (Å²) in [7, 11) is 0. The second-order valence-electron chi connectivity index (χ2n) is 12.9. The largest absolute Gasteiger partial charge is 0 e. The van der Waals surface area contributed by atoms with Gasteiger partial charge in [-0.15, -0.1) is 18.2 Å². The number of hydrogen-bond acceptors (Lipinski definition) is 3. The van der Waals surface area contributed by atoms with Gasteiger partial charge in [0.05, 0.1) is 5.58 Å². The minimum atomic E-state index is -1.72. The van der Waals surface area contributed by atoms with Crippen molar-refractivity contribution >= 4 is 39.6 Å². The molecule has 45 heavy (non-hydrogen) atoms. The van der Waals surface area contributed by atoms with Crippen LogP contribution in [0.1, 0.15) is 25.0 Å². The number of benzene rings is 4. The van der Waals surface area contributed by atoms with Crippen LogP contribution in [-0.2, 0) is 25.5 Å². The summed E-state index contributed by atoms with van der Waals surface area (Å²) in [5.74, 6) is 7.14. The molecule has 3 nitrogen and oxygen atoms in total. The van der Waals surface area contributed by atoms with Gasteiger partial charge in [0.1, 0.15) is 5.58 Å². The molecule has 0 unspecified atom stereocenters. The summed E-state index contributed by atoms with van der Waals surface area (Å²) in [6.07, 6.45) is 4.05. The summed E-state index contributed by atoms with van der Waals surface area (Å²) in [4.78, 5) is 9.35. The first-order valence-corrected chi connectivity index (χ1v) is 22.4. The van der Waals surface area contributed by atoms with E-state index in [0.29, 0.717) is 0 Å². The van der Waals surface area contributed by atoms with E-state index in [1.165, 1.54) is 26.6 Å². The van der Waals surface area contributed by atoms with E-state index >= 15 is 0 Å². The van der Waals surface area contributed by atoms with Gasteiger partial charge in [-0.05, 0) is 28.5 Å². The van der Waals surface area contributed by atoms with Gasteiger partial charge in [-0.2, -0.15) is 0 Å². The molecule has 0 atom stereocenters. The van der Waals surface area contributed by atoms with Gasteiger partial charge >= 0.3 is 99.8 Å². The number of hydrogen-bond donors (Lipinski definition) is 0. The predicted molar refractivity (Wildman–Crippen MR) is 185 cm³/mol. The van der Waals surface area contributed by atoms with Crippen molar-refractivity contribution in [1.29, 1.82) is 0 Å². The number of aromatic nitrogens is 2. The maximum absolute atomic E-state index is 6.20. The zero-order valence-electron chi connectivity index (χ0n) is 26.1. The molecular formula is C40H34GeIrN2O-2. The summed E-state index contributed by atoms with van der Waals surface area (Å²) in [6.45, 7) is 4.57. The van der Waals surface area contributed by atoms with Crippen molar-refractivity contribution in [3.63, 3.8) is 0 Å². The summed E-state index contributed by atoms with van der Waals surface area (Å²) in [5, 5.41) is 2.23. The van der Waals surface area contributed by atoms with E-state index in [9.17, 15) is 0 Å². The molecule has 225 valence electrons. The smallest absolute Gasteiger partial charge is 0 e. The first-order chi connectivity index (χ1) is 21.2. The molecule has 0 saturated heterocycles. The Balaban J connectivity index is 0.000000181. The Morgan fingerprint density at radius 3 is 2.18 bits per heavy atom. The molecule has 4 aromatic carbocycles. The van der Waals surface area contributed by atoms with Crippen molar-refractivity contribution in [1.82, 2.24) is 9.97 Å². The topological polar surface area (TPSA) is 38.9 Å². The molecule has 0 bridgehead atoms. The fourth-order valence-electron chi connectivity index (χ4n) is 6.16. The quantitative estimate of drug-likeness (QED) is 0.132. The SMILES string of the molecule is CC1(C)c2ccccc2-c2cnc(-c3[c-]ccc4c3oc3ccccc34)cc21.[CH3][Ge]([CH3])([CH3])[c]1ccc(-c2[c-]cccc2)nc1.[Ir]. The number of rotatable bonds is 3. The summed E-state index contributed by atoms with van der Waals surface area (Å²) in [5.41, 5.74) is 10.8. The van der Waals surface area contributed by atoms with Gasteiger partial charge in [-0.1, -0.05) is 73.3 Å². The molecule has 0 saturated carbocycles. The third kappa shape index (κ3) is 5.72. The monoisotopic (exact) mass is 825 g/mol. The third-order valence-corrected chi connectivity index (χ3v) is 12.9. The van der Waals surface area contributed by atoms with Crippen LogP contribution >= 0.6 is 0 Å². The minimum Gasteiger partial charge on any atom is 0 e. The van der Waals surface area contributed by atoms with Crippen molar-refractivity contribution in [3.05, 3.63) is 139 Å². The van der Waals surface area contributed by atoms with Crippen LogP contribution in [0.4, 0.5) is 0 Å². The van der Waals surface area contributed by atoms with Gasteiger partial charge in [0.15, 0.2) is 0 Å². The fraction of sp³-hybridized carbons (Fsp3) is 0.150. The van der Waals surface area contributed by atoms with E-state index in [1.807, 2.05) is 60.9 Å². The van der Waals surface area contributed by atoms with E-state index < -0.39 is 13.3 Å². The molecule has 3 heterocycles. The molecule has 8 rings (SSSR count). The normalized spacial score (nSPS) is 13.0. The molecule has 3 aromatic heterocycles. The van der Waals surface area contributed by atoms with E-state index in [1.54, 1.807) is 0 Å². The van der Waals surface area contributed by atoms with Crippen LogP contribution in [0.25, 0.3) is 55.6 Å². The van der Waals surface area contributed by atoms with E-state index in [2.05, 4.69) is 103 Å². The minimum absolute atomic E-state index is 0. The number of furan rings is 1. The Kier molecular flexibility index (Phi) is 8.43. The molecule has 0 aliphatic heterocycles. The van der Waals surface area contributed by atoms with Gasteiger partial charge in [-0.25, -0.2) is 0 Å². The Morgan fingerprint density at radius 1 is 0.667 bits per heavy atom. The van der Waals surface area contributed by atoms with E-state index in [4.69, 9.17) is 9.40 Å². The molecule has 0 N–H and O–H groups in total. The van der Waals surface area contributed by atoms with Gasteiger partial charge in [0.25, 0.3) is 0 Å². The molecule has 0 spiro atoms. The zero-order valence-corrected chi connectivity index (χ0v) is 30.6. The number of nitrogens with zero attached hydrogens (tertiary/aromatic N) is 2. The number of pyridine rings is 2. The Morgan fingerprint density at radius 2 is 1.42 bits per heavy atom. The zero-order chi connectivity index (χ0) is 30.5. The number of para-hydroxylation sites is 1. The molecular weight excluding hydrogens is 789 g/mol. The van der Waals surface area contributed by atoms with Crippen LogP contribution in [0.2, 0.25) is 17.3 Å². The second-order valence-corrected chi connectivity index (χ2v) is 23.6. The third-order valence-electron chi connectivity index (χ3n) is 8.68. The summed E-state index contributed by atoms with van der Waals surface area (Å²) in [6, 6.07) is 41.9. The maximum Gasteiger partial charge on any atom is 0 e. The van der Waals surface area contributed by atoms with Crippen LogP contribution in [0.3, 0.4) is 0 Å². The van der Waals surface area contributed by atoms with Crippen molar-refractivity contribution < 1.29 is 24.5 Å². The van der Waals surface area contributed by atoms with Gasteiger partial charge in [0, 0.05) is 42.7 Å². The number of fused-ring (bicyclic) bond motifs is 6. The van der Waals surface area contributed by atoms with Gasteiger partial charge in [-0.3, -0.25) is 0 Å². The molecule has 1 radical (unpaired) electrons. The first kappa shape index (κ1) is 31.2. The van der Waals surface area contributed by atoms with Crippen molar-refractivity contribution in [2.75, 3.05) is 0 Å². The molecule has 1 aliphatic carbocycles. The van der Waals surface area contributed by atoms with Crippen LogP contribution in [0.15, 0.2) is 120 Å². The van der Waals surface area contributed by atoms with Crippen molar-refractivity contribution in [3.8, 4) is 33.6 Å². The van der Waals surface area contributed by atoms with Crippen LogP contribution in [-0.4, -0.2) is 23.2 Å². The summed E-state index contributed by atoms with van der Waals surface area (Å²) >= 11 is -1.72.